The van der Waals surface area contributed by atoms with Gasteiger partial charge in [-0.2, -0.15) is 9.50 Å². The SMILES string of the molecule is COc1ccc(-c2nc3nc(C)cc(N4CCOCC4)n3n2)cc1. The largest absolute Gasteiger partial charge is 0.497 e. The summed E-state index contributed by atoms with van der Waals surface area (Å²) in [5.74, 6) is 3.09. The minimum Gasteiger partial charge on any atom is -0.497 e. The molecule has 1 fully saturated rings. The summed E-state index contributed by atoms with van der Waals surface area (Å²) < 4.78 is 12.5. The first-order valence-corrected chi connectivity index (χ1v) is 7.96. The maximum absolute atomic E-state index is 5.45. The van der Waals surface area contributed by atoms with Gasteiger partial charge < -0.3 is 14.4 Å². The number of hydrogen-bond donors (Lipinski definition) is 0. The van der Waals surface area contributed by atoms with Crippen molar-refractivity contribution in [3.8, 4) is 17.1 Å². The van der Waals surface area contributed by atoms with E-state index in [9.17, 15) is 0 Å². The molecule has 0 unspecified atom stereocenters. The van der Waals surface area contributed by atoms with Gasteiger partial charge in [0.1, 0.15) is 11.6 Å². The van der Waals surface area contributed by atoms with Crippen LogP contribution in [0.4, 0.5) is 5.82 Å². The predicted molar refractivity (Wildman–Crippen MR) is 90.5 cm³/mol. The summed E-state index contributed by atoms with van der Waals surface area (Å²) >= 11 is 0. The number of nitrogens with zero attached hydrogens (tertiary/aromatic N) is 5. The Kier molecular flexibility index (Phi) is 3.78. The Morgan fingerprint density at radius 2 is 1.83 bits per heavy atom. The highest BCUT2D eigenvalue weighted by Crippen LogP contribution is 2.23. The second kappa shape index (κ2) is 6.09. The first-order chi connectivity index (χ1) is 11.7. The third kappa shape index (κ3) is 2.67. The second-order valence-electron chi connectivity index (χ2n) is 5.73. The highest BCUT2D eigenvalue weighted by Gasteiger charge is 2.18. The molecule has 7 heteroatoms. The minimum absolute atomic E-state index is 0.613. The van der Waals surface area contributed by atoms with E-state index in [4.69, 9.17) is 9.47 Å². The third-order valence-electron chi connectivity index (χ3n) is 4.10. The van der Waals surface area contributed by atoms with Crippen LogP contribution in [0.3, 0.4) is 0 Å². The van der Waals surface area contributed by atoms with Gasteiger partial charge in [-0.25, -0.2) is 4.98 Å². The molecule has 3 heterocycles. The predicted octanol–water partition coefficient (Wildman–Crippen LogP) is 1.94. The van der Waals surface area contributed by atoms with Crippen molar-refractivity contribution in [3.63, 3.8) is 0 Å². The summed E-state index contributed by atoms with van der Waals surface area (Å²) in [5, 5.41) is 4.67. The minimum atomic E-state index is 0.613. The van der Waals surface area contributed by atoms with Gasteiger partial charge in [-0.1, -0.05) is 0 Å². The van der Waals surface area contributed by atoms with Crippen LogP contribution in [0, 0.1) is 6.92 Å². The molecule has 0 radical (unpaired) electrons. The van der Waals surface area contributed by atoms with E-state index in [1.54, 1.807) is 7.11 Å². The number of morpholine rings is 1. The molecular weight excluding hydrogens is 306 g/mol. The summed E-state index contributed by atoms with van der Waals surface area (Å²) in [6.07, 6.45) is 0. The van der Waals surface area contributed by atoms with Crippen molar-refractivity contribution in [3.05, 3.63) is 36.0 Å². The molecule has 0 atom stereocenters. The van der Waals surface area contributed by atoms with Crippen molar-refractivity contribution in [1.82, 2.24) is 19.6 Å². The van der Waals surface area contributed by atoms with Crippen molar-refractivity contribution in [2.24, 2.45) is 0 Å². The molecule has 4 rings (SSSR count). The average molecular weight is 325 g/mol. The summed E-state index contributed by atoms with van der Waals surface area (Å²) in [4.78, 5) is 11.4. The van der Waals surface area contributed by atoms with Gasteiger partial charge in [-0.3, -0.25) is 0 Å². The molecule has 7 nitrogen and oxygen atoms in total. The van der Waals surface area contributed by atoms with E-state index < -0.39 is 0 Å². The van der Waals surface area contributed by atoms with Gasteiger partial charge >= 0.3 is 0 Å². The molecule has 1 aliphatic heterocycles. The van der Waals surface area contributed by atoms with Crippen molar-refractivity contribution in [2.45, 2.75) is 6.92 Å². The van der Waals surface area contributed by atoms with Gasteiger partial charge in [-0.15, -0.1) is 5.10 Å². The van der Waals surface area contributed by atoms with E-state index in [2.05, 4.69) is 20.0 Å². The van der Waals surface area contributed by atoms with Gasteiger partial charge in [0.25, 0.3) is 5.78 Å². The van der Waals surface area contributed by atoms with Crippen LogP contribution in [0.2, 0.25) is 0 Å². The Hall–Kier alpha value is -2.67. The van der Waals surface area contributed by atoms with Crippen LogP contribution in [0.15, 0.2) is 30.3 Å². The number of anilines is 1. The summed E-state index contributed by atoms with van der Waals surface area (Å²) in [6, 6.07) is 9.76. The lowest BCUT2D eigenvalue weighted by Crippen LogP contribution is -2.37. The Bertz CT molecular complexity index is 853. The van der Waals surface area contributed by atoms with Gasteiger partial charge in [0.15, 0.2) is 5.82 Å². The number of aryl methyl sites for hydroxylation is 1. The molecule has 0 saturated carbocycles. The molecule has 24 heavy (non-hydrogen) atoms. The van der Waals surface area contributed by atoms with E-state index in [-0.39, 0.29) is 0 Å². The van der Waals surface area contributed by atoms with E-state index >= 15 is 0 Å². The number of fused-ring (bicyclic) bond motifs is 1. The van der Waals surface area contributed by atoms with Crippen molar-refractivity contribution < 1.29 is 9.47 Å². The molecule has 1 saturated heterocycles. The zero-order chi connectivity index (χ0) is 16.5. The van der Waals surface area contributed by atoms with Gasteiger partial charge in [-0.05, 0) is 31.2 Å². The van der Waals surface area contributed by atoms with Crippen LogP contribution in [-0.2, 0) is 4.74 Å². The lowest BCUT2D eigenvalue weighted by atomic mass is 10.2. The summed E-state index contributed by atoms with van der Waals surface area (Å²) in [6.45, 7) is 5.12. The first-order valence-electron chi connectivity index (χ1n) is 7.96. The van der Waals surface area contributed by atoms with Crippen LogP contribution in [0.1, 0.15) is 5.69 Å². The molecule has 3 aromatic rings. The molecule has 1 aliphatic rings. The fraction of sp³-hybridized carbons (Fsp3) is 0.353. The molecule has 124 valence electrons. The van der Waals surface area contributed by atoms with Crippen molar-refractivity contribution in [2.75, 3.05) is 38.3 Å². The third-order valence-corrected chi connectivity index (χ3v) is 4.10. The highest BCUT2D eigenvalue weighted by molar-refractivity contribution is 5.60. The quantitative estimate of drug-likeness (QED) is 0.733. The molecule has 0 bridgehead atoms. The van der Waals surface area contributed by atoms with Crippen LogP contribution < -0.4 is 9.64 Å². The molecule has 1 aromatic carbocycles. The second-order valence-corrected chi connectivity index (χ2v) is 5.73. The van der Waals surface area contributed by atoms with E-state index in [0.29, 0.717) is 11.6 Å². The van der Waals surface area contributed by atoms with E-state index in [1.165, 1.54) is 0 Å². The average Bonchev–Trinajstić information content (AvgIpc) is 3.05. The van der Waals surface area contributed by atoms with Gasteiger partial charge in [0, 0.05) is 30.4 Å². The smallest absolute Gasteiger partial charge is 0.254 e. The normalized spacial score (nSPS) is 15.0. The number of ether oxygens (including phenoxy) is 2. The maximum Gasteiger partial charge on any atom is 0.254 e. The molecule has 0 N–H and O–H groups in total. The summed E-state index contributed by atoms with van der Waals surface area (Å²) in [5.41, 5.74) is 1.87. The molecule has 2 aromatic heterocycles. The fourth-order valence-electron chi connectivity index (χ4n) is 2.85. The molecular formula is C17H19N5O2. The van der Waals surface area contributed by atoms with Gasteiger partial charge in [0.2, 0.25) is 0 Å². The number of hydrogen-bond acceptors (Lipinski definition) is 6. The lowest BCUT2D eigenvalue weighted by Gasteiger charge is -2.28. The maximum atomic E-state index is 5.45. The monoisotopic (exact) mass is 325 g/mol. The standard InChI is InChI=1S/C17H19N5O2/c1-12-11-15(21-7-9-24-10-8-21)22-17(18-12)19-16(20-22)13-3-5-14(23-2)6-4-13/h3-6,11H,7-10H2,1-2H3. The molecule has 0 aliphatic carbocycles. The van der Waals surface area contributed by atoms with Crippen molar-refractivity contribution in [1.29, 1.82) is 0 Å². The molecule has 0 amide bonds. The summed E-state index contributed by atoms with van der Waals surface area (Å²) in [7, 11) is 1.65. The van der Waals surface area contributed by atoms with Crippen LogP contribution in [-0.4, -0.2) is 53.0 Å². The number of methoxy groups -OCH3 is 1. The zero-order valence-corrected chi connectivity index (χ0v) is 13.8. The Morgan fingerprint density at radius 3 is 2.54 bits per heavy atom. The first kappa shape index (κ1) is 14.9. The fourth-order valence-corrected chi connectivity index (χ4v) is 2.85. The number of rotatable bonds is 3. The van der Waals surface area contributed by atoms with Crippen LogP contribution in [0.5, 0.6) is 5.75 Å². The van der Waals surface area contributed by atoms with E-state index in [0.717, 1.165) is 49.1 Å². The van der Waals surface area contributed by atoms with E-state index in [1.807, 2.05) is 41.8 Å². The zero-order valence-electron chi connectivity index (χ0n) is 13.8. The van der Waals surface area contributed by atoms with Crippen molar-refractivity contribution >= 4 is 11.6 Å². The highest BCUT2D eigenvalue weighted by atomic mass is 16.5. The topological polar surface area (TPSA) is 64.8 Å². The Morgan fingerprint density at radius 1 is 1.08 bits per heavy atom. The lowest BCUT2D eigenvalue weighted by molar-refractivity contribution is 0.122. The Balaban J connectivity index is 1.78. The van der Waals surface area contributed by atoms with Gasteiger partial charge in [0.05, 0.1) is 20.3 Å². The number of benzene rings is 1. The van der Waals surface area contributed by atoms with Crippen LogP contribution >= 0.6 is 0 Å². The number of aromatic nitrogens is 4. The van der Waals surface area contributed by atoms with Crippen LogP contribution in [0.25, 0.3) is 17.2 Å². The Labute approximate surface area is 139 Å². The molecule has 0 spiro atoms.